The van der Waals surface area contributed by atoms with E-state index in [1.54, 1.807) is 16.2 Å². The fourth-order valence-electron chi connectivity index (χ4n) is 4.47. The molecule has 7 nitrogen and oxygen atoms in total. The predicted molar refractivity (Wildman–Crippen MR) is 140 cm³/mol. The first-order valence-corrected chi connectivity index (χ1v) is 13.3. The molecule has 3 atom stereocenters. The third-order valence-electron chi connectivity index (χ3n) is 6.51. The number of hydrogen-bond donors (Lipinski definition) is 2. The van der Waals surface area contributed by atoms with E-state index in [0.29, 0.717) is 25.8 Å². The Morgan fingerprint density at radius 2 is 1.86 bits per heavy atom. The average molecular weight is 499 g/mol. The number of rotatable bonds is 8. The number of aryl methyl sites for hydroxylation is 1. The summed E-state index contributed by atoms with van der Waals surface area (Å²) in [5.41, 5.74) is 4.50. The molecule has 1 aromatic carbocycles. The first-order chi connectivity index (χ1) is 16.5. The van der Waals surface area contributed by atoms with Crippen molar-refractivity contribution in [3.63, 3.8) is 0 Å². The number of amides is 3. The molecule has 0 radical (unpaired) electrons. The summed E-state index contributed by atoms with van der Waals surface area (Å²) in [5.74, 6) is -0.471. The van der Waals surface area contributed by atoms with Gasteiger partial charge in [-0.15, -0.1) is 11.3 Å². The molecule has 2 aromatic rings. The number of aromatic nitrogens is 1. The van der Waals surface area contributed by atoms with Crippen LogP contribution in [0.25, 0.3) is 10.4 Å². The third-order valence-corrected chi connectivity index (χ3v) is 7.49. The second kappa shape index (κ2) is 11.3. The van der Waals surface area contributed by atoms with E-state index in [1.807, 2.05) is 59.2 Å². The van der Waals surface area contributed by atoms with Gasteiger partial charge < -0.3 is 15.5 Å². The molecule has 190 valence electrons. The van der Waals surface area contributed by atoms with Crippen LogP contribution in [0.5, 0.6) is 0 Å². The molecule has 1 fully saturated rings. The van der Waals surface area contributed by atoms with Gasteiger partial charge in [0.25, 0.3) is 0 Å². The number of benzene rings is 1. The molecule has 0 bridgehead atoms. The minimum atomic E-state index is -0.671. The highest BCUT2D eigenvalue weighted by Crippen LogP contribution is 2.29. The molecule has 0 saturated carbocycles. The molecular weight excluding hydrogens is 460 g/mol. The zero-order chi connectivity index (χ0) is 25.8. The fourth-order valence-corrected chi connectivity index (χ4v) is 5.28. The minimum absolute atomic E-state index is 0.133. The number of nitrogens with one attached hydrogen (secondary N) is 2. The summed E-state index contributed by atoms with van der Waals surface area (Å²) in [6, 6.07) is 6.76. The Morgan fingerprint density at radius 1 is 1.17 bits per heavy atom. The Bertz CT molecular complexity index is 1040. The highest BCUT2D eigenvalue weighted by atomic mass is 32.1. The molecule has 1 aliphatic rings. The summed E-state index contributed by atoms with van der Waals surface area (Å²) < 4.78 is 0. The van der Waals surface area contributed by atoms with E-state index < -0.39 is 17.5 Å². The van der Waals surface area contributed by atoms with Crippen molar-refractivity contribution in [2.24, 2.45) is 5.41 Å². The van der Waals surface area contributed by atoms with Crippen molar-refractivity contribution in [1.82, 2.24) is 20.5 Å². The zero-order valence-corrected chi connectivity index (χ0v) is 22.5. The number of carbonyl (C=O) groups excluding carboxylic acids is 3. The summed E-state index contributed by atoms with van der Waals surface area (Å²) in [5, 5.41) is 6.01. The van der Waals surface area contributed by atoms with Gasteiger partial charge in [-0.3, -0.25) is 14.4 Å². The van der Waals surface area contributed by atoms with Gasteiger partial charge in [0.2, 0.25) is 17.7 Å². The van der Waals surface area contributed by atoms with Crippen molar-refractivity contribution < 1.29 is 14.4 Å². The lowest BCUT2D eigenvalue weighted by Crippen LogP contribution is -2.57. The van der Waals surface area contributed by atoms with E-state index in [9.17, 15) is 14.4 Å². The predicted octanol–water partition coefficient (Wildman–Crippen LogP) is 4.62. The summed E-state index contributed by atoms with van der Waals surface area (Å²) in [4.78, 5) is 46.2. The minimum Gasteiger partial charge on any atom is -0.348 e. The first kappa shape index (κ1) is 26.9. The van der Waals surface area contributed by atoms with Gasteiger partial charge in [-0.05, 0) is 49.7 Å². The van der Waals surface area contributed by atoms with E-state index in [2.05, 4.69) is 27.8 Å². The number of likely N-dealkylation sites (tertiary alicyclic amines) is 1. The van der Waals surface area contributed by atoms with Crippen LogP contribution in [0.1, 0.15) is 77.6 Å². The van der Waals surface area contributed by atoms with E-state index in [-0.39, 0.29) is 23.8 Å². The van der Waals surface area contributed by atoms with Gasteiger partial charge >= 0.3 is 0 Å². The lowest BCUT2D eigenvalue weighted by molar-refractivity contribution is -0.144. The Labute approximate surface area is 212 Å². The van der Waals surface area contributed by atoms with Crippen molar-refractivity contribution in [3.8, 4) is 10.4 Å². The molecule has 0 unspecified atom stereocenters. The number of thiazole rings is 1. The Kier molecular flexibility index (Phi) is 8.70. The van der Waals surface area contributed by atoms with E-state index >= 15 is 0 Å². The zero-order valence-electron chi connectivity index (χ0n) is 21.7. The highest BCUT2D eigenvalue weighted by Gasteiger charge is 2.41. The Morgan fingerprint density at radius 3 is 2.43 bits per heavy atom. The summed E-state index contributed by atoms with van der Waals surface area (Å²) in [6.07, 6.45) is 2.48. The summed E-state index contributed by atoms with van der Waals surface area (Å²) in [6.45, 7) is 12.2. The van der Waals surface area contributed by atoms with Crippen molar-refractivity contribution in [3.05, 3.63) is 41.0 Å². The van der Waals surface area contributed by atoms with E-state index in [1.165, 1.54) is 0 Å². The van der Waals surface area contributed by atoms with Crippen LogP contribution in [0.4, 0.5) is 0 Å². The maximum atomic E-state index is 13.5. The van der Waals surface area contributed by atoms with Crippen LogP contribution in [-0.4, -0.2) is 46.2 Å². The topological polar surface area (TPSA) is 91.4 Å². The number of nitrogens with zero attached hydrogens (tertiary/aromatic N) is 2. The van der Waals surface area contributed by atoms with Crippen molar-refractivity contribution in [2.75, 3.05) is 6.54 Å². The van der Waals surface area contributed by atoms with Crippen LogP contribution >= 0.6 is 11.3 Å². The van der Waals surface area contributed by atoms with E-state index in [0.717, 1.165) is 28.1 Å². The maximum Gasteiger partial charge on any atom is 0.246 e. The molecule has 1 saturated heterocycles. The molecule has 2 N–H and O–H groups in total. The maximum absolute atomic E-state index is 13.5. The quantitative estimate of drug-likeness (QED) is 0.556. The third kappa shape index (κ3) is 6.48. The lowest BCUT2D eigenvalue weighted by Gasteiger charge is -2.35. The summed E-state index contributed by atoms with van der Waals surface area (Å²) >= 11 is 1.61. The van der Waals surface area contributed by atoms with Gasteiger partial charge in [0, 0.05) is 13.0 Å². The van der Waals surface area contributed by atoms with Crippen LogP contribution in [0.2, 0.25) is 0 Å². The smallest absolute Gasteiger partial charge is 0.246 e. The monoisotopic (exact) mass is 498 g/mol. The summed E-state index contributed by atoms with van der Waals surface area (Å²) in [7, 11) is 0. The molecule has 35 heavy (non-hydrogen) atoms. The van der Waals surface area contributed by atoms with Gasteiger partial charge in [0.05, 0.1) is 22.1 Å². The molecule has 0 spiro atoms. The van der Waals surface area contributed by atoms with Crippen molar-refractivity contribution in [2.45, 2.75) is 85.4 Å². The number of carbonyl (C=O) groups is 3. The molecule has 2 heterocycles. The van der Waals surface area contributed by atoms with Gasteiger partial charge in [0.15, 0.2) is 0 Å². The first-order valence-electron chi connectivity index (χ1n) is 12.4. The van der Waals surface area contributed by atoms with Gasteiger partial charge in [-0.2, -0.15) is 0 Å². The molecule has 0 aliphatic carbocycles. The molecule has 1 aromatic heterocycles. The highest BCUT2D eigenvalue weighted by molar-refractivity contribution is 7.13. The van der Waals surface area contributed by atoms with Gasteiger partial charge in [-0.1, -0.05) is 52.0 Å². The molecule has 3 amide bonds. The second-order valence-electron chi connectivity index (χ2n) is 10.4. The fraction of sp³-hybridized carbons (Fsp3) is 0.556. The normalized spacial score (nSPS) is 17.7. The number of hydrogen-bond acceptors (Lipinski definition) is 5. The van der Waals surface area contributed by atoms with Crippen LogP contribution < -0.4 is 10.6 Å². The lowest BCUT2D eigenvalue weighted by atomic mass is 9.85. The van der Waals surface area contributed by atoms with Gasteiger partial charge in [-0.25, -0.2) is 4.98 Å². The molecular formula is C27H38N4O3S. The van der Waals surface area contributed by atoms with Crippen molar-refractivity contribution in [1.29, 1.82) is 0 Å². The van der Waals surface area contributed by atoms with Gasteiger partial charge in [0.1, 0.15) is 12.1 Å². The SMILES string of the molecule is CCCC(=O)N[C@H](C(=O)N1CCC[C@H]1C(=O)N[C@@H](C)c1ccc(-c2scnc2C)cc1)C(C)(C)C. The molecule has 8 heteroatoms. The van der Waals surface area contributed by atoms with Crippen LogP contribution in [0, 0.1) is 12.3 Å². The Balaban J connectivity index is 1.68. The largest absolute Gasteiger partial charge is 0.348 e. The van der Waals surface area contributed by atoms with Crippen molar-refractivity contribution >= 4 is 29.1 Å². The standard InChI is InChI=1S/C27H38N4O3S/c1-7-9-22(32)30-24(27(4,5)6)26(34)31-15-8-10-21(31)25(33)29-17(2)19-11-13-20(14-12-19)23-18(3)28-16-35-23/h11-14,16-17,21,24H,7-10,15H2,1-6H3,(H,29,33)(H,30,32)/t17-,21-,24+/m0/s1. The molecule has 1 aliphatic heterocycles. The molecule has 3 rings (SSSR count). The Hall–Kier alpha value is -2.74. The van der Waals surface area contributed by atoms with Crippen LogP contribution in [0.3, 0.4) is 0 Å². The van der Waals surface area contributed by atoms with Crippen LogP contribution in [-0.2, 0) is 14.4 Å². The second-order valence-corrected chi connectivity index (χ2v) is 11.3. The van der Waals surface area contributed by atoms with E-state index in [4.69, 9.17) is 0 Å². The van der Waals surface area contributed by atoms with Crippen LogP contribution in [0.15, 0.2) is 29.8 Å². The average Bonchev–Trinajstić information content (AvgIpc) is 3.46.